The summed E-state index contributed by atoms with van der Waals surface area (Å²) in [5.41, 5.74) is -0.449. The zero-order chi connectivity index (χ0) is 28.9. The van der Waals surface area contributed by atoms with Crippen LogP contribution in [0.25, 0.3) is 0 Å². The first-order valence-corrected chi connectivity index (χ1v) is 15.7. The molecule has 1 saturated carbocycles. The predicted octanol–water partition coefficient (Wildman–Crippen LogP) is 5.94. The summed E-state index contributed by atoms with van der Waals surface area (Å²) < 4.78 is 42.2. The first-order valence-electron chi connectivity index (χ1n) is 14.3. The quantitative estimate of drug-likeness (QED) is 0.336. The van der Waals surface area contributed by atoms with Crippen LogP contribution in [0.5, 0.6) is 0 Å². The zero-order valence-electron chi connectivity index (χ0n) is 23.7. The van der Waals surface area contributed by atoms with Crippen LogP contribution in [-0.2, 0) is 19.5 Å². The number of ether oxygens (including phenoxy) is 2. The fraction of sp³-hybridized carbons (Fsp3) is 0.394. The van der Waals surface area contributed by atoms with Crippen LogP contribution in [0.4, 0.5) is 0 Å². The zero-order valence-corrected chi connectivity index (χ0v) is 24.5. The van der Waals surface area contributed by atoms with Gasteiger partial charge in [-0.25, -0.2) is 13.1 Å². The molecule has 3 aliphatic rings. The maximum absolute atomic E-state index is 14.6. The number of carbonyl (C=O) groups excluding carboxylic acids is 1. The normalized spacial score (nSPS) is 25.2. The van der Waals surface area contributed by atoms with Crippen molar-refractivity contribution in [3.05, 3.63) is 102 Å². The lowest BCUT2D eigenvalue weighted by Crippen LogP contribution is -2.58. The van der Waals surface area contributed by atoms with Gasteiger partial charge in [-0.1, -0.05) is 61.4 Å². The van der Waals surface area contributed by atoms with Crippen molar-refractivity contribution >= 4 is 22.0 Å². The molecule has 7 nitrogen and oxygen atoms in total. The van der Waals surface area contributed by atoms with E-state index in [1.54, 1.807) is 43.6 Å². The van der Waals surface area contributed by atoms with Gasteiger partial charge in [0.2, 0.25) is 10.0 Å². The Morgan fingerprint density at radius 3 is 2.41 bits per heavy atom. The monoisotopic (exact) mass is 574 g/mol. The van der Waals surface area contributed by atoms with E-state index in [-0.39, 0.29) is 23.3 Å². The topological polar surface area (TPSA) is 94.1 Å². The van der Waals surface area contributed by atoms with Gasteiger partial charge in [0.15, 0.2) is 5.78 Å². The highest BCUT2D eigenvalue weighted by atomic mass is 32.2. The van der Waals surface area contributed by atoms with E-state index in [0.717, 1.165) is 37.0 Å². The van der Waals surface area contributed by atoms with Crippen molar-refractivity contribution in [2.24, 2.45) is 16.3 Å². The molecule has 2 aromatic rings. The number of nitrogens with one attached hydrogen (secondary N) is 1. The first-order chi connectivity index (χ1) is 19.8. The summed E-state index contributed by atoms with van der Waals surface area (Å²) in [5.74, 6) is -0.206. The summed E-state index contributed by atoms with van der Waals surface area (Å²) in [7, 11) is -2.25. The molecule has 0 bridgehead atoms. The molecule has 2 aromatic carbocycles. The second-order valence-corrected chi connectivity index (χ2v) is 12.8. The Hall–Kier alpha value is -3.33. The molecular formula is C33H38N2O5S. The third kappa shape index (κ3) is 5.87. The van der Waals surface area contributed by atoms with Gasteiger partial charge in [0.05, 0.1) is 18.1 Å². The summed E-state index contributed by atoms with van der Waals surface area (Å²) >= 11 is 0. The fourth-order valence-electron chi connectivity index (χ4n) is 6.40. The van der Waals surface area contributed by atoms with Gasteiger partial charge in [0, 0.05) is 42.3 Å². The second kappa shape index (κ2) is 12.3. The lowest BCUT2D eigenvalue weighted by atomic mass is 9.57. The van der Waals surface area contributed by atoms with E-state index in [0.29, 0.717) is 18.4 Å². The van der Waals surface area contributed by atoms with Crippen LogP contribution in [-0.4, -0.2) is 45.8 Å². The fourth-order valence-corrected chi connectivity index (χ4v) is 7.47. The number of aryl methyl sites for hydroxylation is 1. The second-order valence-electron chi connectivity index (χ2n) is 11.1. The molecule has 1 fully saturated rings. The molecule has 216 valence electrons. The van der Waals surface area contributed by atoms with Crippen molar-refractivity contribution in [1.29, 1.82) is 0 Å². The molecule has 2 aliphatic carbocycles. The van der Waals surface area contributed by atoms with E-state index < -0.39 is 27.0 Å². The van der Waals surface area contributed by atoms with Gasteiger partial charge >= 0.3 is 0 Å². The number of hydrogen-bond donors (Lipinski definition) is 1. The summed E-state index contributed by atoms with van der Waals surface area (Å²) in [4.78, 5) is 19.2. The first kappa shape index (κ1) is 29.2. The number of hydrogen-bond acceptors (Lipinski definition) is 6. The number of nitrogens with zero attached hydrogens (tertiary/aromatic N) is 1. The van der Waals surface area contributed by atoms with Crippen LogP contribution in [0, 0.1) is 18.3 Å². The van der Waals surface area contributed by atoms with Gasteiger partial charge in [-0.2, -0.15) is 0 Å². The van der Waals surface area contributed by atoms with Gasteiger partial charge < -0.3 is 9.47 Å². The van der Waals surface area contributed by atoms with Gasteiger partial charge in [-0.15, -0.1) is 0 Å². The molecule has 1 heterocycles. The Morgan fingerprint density at radius 1 is 1.05 bits per heavy atom. The minimum atomic E-state index is -3.88. The summed E-state index contributed by atoms with van der Waals surface area (Å²) in [6, 6.07) is 15.7. The third-order valence-corrected chi connectivity index (χ3v) is 10.1. The highest BCUT2D eigenvalue weighted by molar-refractivity contribution is 7.89. The molecule has 41 heavy (non-hydrogen) atoms. The number of aliphatic imine (C=N–C) groups is 1. The van der Waals surface area contributed by atoms with Crippen molar-refractivity contribution in [1.82, 2.24) is 4.72 Å². The van der Waals surface area contributed by atoms with E-state index in [1.807, 2.05) is 61.7 Å². The maximum Gasteiger partial charge on any atom is 0.240 e. The number of ketones is 1. The van der Waals surface area contributed by atoms with Crippen molar-refractivity contribution < 1.29 is 22.7 Å². The Bertz CT molecular complexity index is 1470. The summed E-state index contributed by atoms with van der Waals surface area (Å²) in [6.45, 7) is 1.80. The van der Waals surface area contributed by atoms with Crippen molar-refractivity contribution in [2.45, 2.75) is 62.0 Å². The number of sulfonamides is 1. The minimum Gasteiger partial charge on any atom is -0.497 e. The largest absolute Gasteiger partial charge is 0.497 e. The highest BCUT2D eigenvalue weighted by Crippen LogP contribution is 2.53. The van der Waals surface area contributed by atoms with Crippen molar-refractivity contribution in [3.8, 4) is 0 Å². The molecule has 0 aromatic heterocycles. The lowest BCUT2D eigenvalue weighted by Gasteiger charge is -2.52. The molecule has 5 rings (SSSR count). The SMILES string of the molecule is COC1=CCC(OC2CCCC2)(C2(C(CNS(=O)(=O)c3ccccc3)C(=O)c3ccccc3C)C=CN=CC2)C=C1. The van der Waals surface area contributed by atoms with E-state index in [2.05, 4.69) is 9.71 Å². The molecule has 0 amide bonds. The van der Waals surface area contributed by atoms with Crippen molar-refractivity contribution in [2.75, 3.05) is 13.7 Å². The molecule has 0 spiro atoms. The average molecular weight is 575 g/mol. The van der Waals surface area contributed by atoms with E-state index in [9.17, 15) is 13.2 Å². The van der Waals surface area contributed by atoms with Crippen LogP contribution in [0.15, 0.2) is 101 Å². The Morgan fingerprint density at radius 2 is 1.78 bits per heavy atom. The number of benzene rings is 2. The number of carbonyl (C=O) groups is 1. The Balaban J connectivity index is 1.63. The molecule has 8 heteroatoms. The van der Waals surface area contributed by atoms with Crippen molar-refractivity contribution in [3.63, 3.8) is 0 Å². The lowest BCUT2D eigenvalue weighted by molar-refractivity contribution is -0.130. The Labute approximate surface area is 243 Å². The number of rotatable bonds is 11. The van der Waals surface area contributed by atoms with Gasteiger partial charge in [-0.05, 0) is 62.1 Å². The molecule has 1 aliphatic heterocycles. The smallest absolute Gasteiger partial charge is 0.240 e. The van der Waals surface area contributed by atoms with Gasteiger partial charge in [0.25, 0.3) is 0 Å². The summed E-state index contributed by atoms with van der Waals surface area (Å²) in [5, 5.41) is 0. The maximum atomic E-state index is 14.6. The van der Waals surface area contributed by atoms with Crippen LogP contribution >= 0.6 is 0 Å². The number of allylic oxidation sites excluding steroid dienone is 1. The predicted molar refractivity (Wildman–Crippen MR) is 160 cm³/mol. The molecule has 3 unspecified atom stereocenters. The molecular weight excluding hydrogens is 536 g/mol. The van der Waals surface area contributed by atoms with Gasteiger partial charge in [-0.3, -0.25) is 9.79 Å². The molecule has 1 N–H and O–H groups in total. The van der Waals surface area contributed by atoms with Crippen LogP contribution in [0.3, 0.4) is 0 Å². The number of Topliss-reactive ketones (excluding diaryl/α,β-unsaturated/α-hetero) is 1. The number of methoxy groups -OCH3 is 1. The molecule has 3 atom stereocenters. The van der Waals surface area contributed by atoms with E-state index >= 15 is 0 Å². The molecule has 0 radical (unpaired) electrons. The Kier molecular flexibility index (Phi) is 8.73. The highest BCUT2D eigenvalue weighted by Gasteiger charge is 2.57. The third-order valence-electron chi connectivity index (χ3n) is 8.70. The van der Waals surface area contributed by atoms with Crippen LogP contribution in [0.2, 0.25) is 0 Å². The standard InChI is InChI=1S/C33H38N2O5S/c1-25-10-6-9-15-29(25)31(36)30(24-35-41(37,38)28-13-4-3-5-14-28)32(20-22-34-23-21-32)33(40-27-11-7-8-12-27)18-16-26(39-2)17-19-33/h3-6,9-10,13-18,20,22-23,27,30,35H,7-8,11-12,19,21,24H2,1-2H3. The van der Waals surface area contributed by atoms with Crippen LogP contribution < -0.4 is 4.72 Å². The summed E-state index contributed by atoms with van der Waals surface area (Å²) in [6.07, 6.45) is 16.4. The van der Waals surface area contributed by atoms with Crippen LogP contribution in [0.1, 0.15) is 54.4 Å². The average Bonchev–Trinajstić information content (AvgIpc) is 3.51. The van der Waals surface area contributed by atoms with E-state index in [4.69, 9.17) is 9.47 Å². The molecule has 0 saturated heterocycles. The van der Waals surface area contributed by atoms with E-state index in [1.165, 1.54) is 0 Å². The van der Waals surface area contributed by atoms with Gasteiger partial charge in [0.1, 0.15) is 11.4 Å². The minimum absolute atomic E-state index is 0.0384.